The lowest BCUT2D eigenvalue weighted by Crippen LogP contribution is -2.49. The van der Waals surface area contributed by atoms with E-state index in [9.17, 15) is 58.5 Å². The third kappa shape index (κ3) is 23.9. The standard InChI is InChI=1S/C44H70N8O13S/c1-5-30(2)35(42(62)45-13-6-7-34(53)23-31(3)43(63)64)24-37(54)36(12-22-66-4)48-44(65)47-33-10-8-32(9-11-33)25-46-38(55)26-49-14-16-50(27-39(56)57)18-20-52(29-41(60)61)21-19-51(17-15-49)28-40(58)59/h8-11,30-31,35-36H,5-7,12-29H2,1-4H3,(H,45,62)(H,46,55)(H,56,57)(H,58,59)(H,60,61)(H,63,64)(H2,47,48,65)/t30-,31?,35-,36-/m0/s1. The number of anilines is 1. The molecule has 1 aliphatic rings. The van der Waals surface area contributed by atoms with Gasteiger partial charge in [-0.25, -0.2) is 4.79 Å². The van der Waals surface area contributed by atoms with Crippen molar-refractivity contribution in [2.45, 2.75) is 71.9 Å². The van der Waals surface area contributed by atoms with Crippen molar-refractivity contribution in [2.75, 3.05) is 102 Å². The summed E-state index contributed by atoms with van der Waals surface area (Å²) in [6, 6.07) is 5.23. The first-order valence-corrected chi connectivity index (χ1v) is 23.7. The van der Waals surface area contributed by atoms with Gasteiger partial charge in [0.05, 0.1) is 38.1 Å². The Hall–Kier alpha value is -5.16. The number of hydrogen-bond donors (Lipinski definition) is 8. The Bertz CT molecular complexity index is 1740. The molecule has 4 atom stereocenters. The van der Waals surface area contributed by atoms with Crippen LogP contribution >= 0.6 is 11.8 Å². The van der Waals surface area contributed by atoms with Gasteiger partial charge < -0.3 is 41.7 Å². The molecule has 1 heterocycles. The lowest BCUT2D eigenvalue weighted by atomic mass is 9.85. The van der Waals surface area contributed by atoms with Gasteiger partial charge in [-0.05, 0) is 48.5 Å². The molecule has 1 unspecified atom stereocenters. The highest BCUT2D eigenvalue weighted by Crippen LogP contribution is 2.22. The molecule has 21 nitrogen and oxygen atoms in total. The Morgan fingerprint density at radius 2 is 1.20 bits per heavy atom. The molecular weight excluding hydrogens is 881 g/mol. The Balaban J connectivity index is 2.00. The maximum atomic E-state index is 13.7. The monoisotopic (exact) mass is 950 g/mol. The van der Waals surface area contributed by atoms with Crippen molar-refractivity contribution >= 4 is 70.7 Å². The molecule has 2 rings (SSSR count). The quantitative estimate of drug-likeness (QED) is 0.0548. The molecule has 0 aliphatic carbocycles. The van der Waals surface area contributed by atoms with Crippen LogP contribution in [0, 0.1) is 17.8 Å². The van der Waals surface area contributed by atoms with E-state index in [0.29, 0.717) is 43.8 Å². The van der Waals surface area contributed by atoms with Crippen LogP contribution in [-0.4, -0.2) is 196 Å². The fourth-order valence-corrected chi connectivity index (χ4v) is 7.65. The van der Waals surface area contributed by atoms with Crippen LogP contribution in [0.2, 0.25) is 0 Å². The normalized spacial score (nSPS) is 16.5. The molecule has 0 bridgehead atoms. The number of Topliss-reactive ketones (excluding diaryl/α,β-unsaturated/α-hetero) is 2. The van der Waals surface area contributed by atoms with Gasteiger partial charge in [-0.2, -0.15) is 11.8 Å². The van der Waals surface area contributed by atoms with E-state index in [1.165, 1.54) is 18.7 Å². The molecule has 0 radical (unpaired) electrons. The second kappa shape index (κ2) is 30.9. The predicted molar refractivity (Wildman–Crippen MR) is 247 cm³/mol. The van der Waals surface area contributed by atoms with Crippen molar-refractivity contribution in [2.24, 2.45) is 17.8 Å². The van der Waals surface area contributed by atoms with Crippen molar-refractivity contribution in [3.05, 3.63) is 29.8 Å². The molecular formula is C44H70N8O13S. The molecule has 1 saturated heterocycles. The van der Waals surface area contributed by atoms with Gasteiger partial charge in [0, 0.05) is 96.3 Å². The van der Waals surface area contributed by atoms with E-state index in [0.717, 1.165) is 5.56 Å². The molecule has 370 valence electrons. The number of hydrogen-bond acceptors (Lipinski definition) is 14. The third-order valence-corrected chi connectivity index (χ3v) is 12.0. The van der Waals surface area contributed by atoms with E-state index in [1.807, 2.05) is 25.0 Å². The molecule has 1 aromatic rings. The van der Waals surface area contributed by atoms with Gasteiger partial charge in [-0.15, -0.1) is 0 Å². The van der Waals surface area contributed by atoms with Crippen LogP contribution in [0.25, 0.3) is 0 Å². The summed E-state index contributed by atoms with van der Waals surface area (Å²) in [5.74, 6) is -6.37. The van der Waals surface area contributed by atoms with Crippen LogP contribution in [0.15, 0.2) is 24.3 Å². The summed E-state index contributed by atoms with van der Waals surface area (Å²) in [6.45, 7) is 6.89. The summed E-state index contributed by atoms with van der Waals surface area (Å²) in [5.41, 5.74) is 1.14. The first-order valence-electron chi connectivity index (χ1n) is 22.3. The highest BCUT2D eigenvalue weighted by Gasteiger charge is 2.31. The Labute approximate surface area is 390 Å². The van der Waals surface area contributed by atoms with Gasteiger partial charge in [0.15, 0.2) is 5.78 Å². The number of carbonyl (C=O) groups excluding carboxylic acids is 5. The summed E-state index contributed by atoms with van der Waals surface area (Å²) >= 11 is 1.51. The van der Waals surface area contributed by atoms with E-state index < -0.39 is 47.8 Å². The van der Waals surface area contributed by atoms with E-state index >= 15 is 0 Å². The minimum absolute atomic E-state index is 0.0504. The minimum Gasteiger partial charge on any atom is -0.481 e. The number of amides is 4. The van der Waals surface area contributed by atoms with Crippen molar-refractivity contribution in [3.63, 3.8) is 0 Å². The SMILES string of the molecule is CC[C@H](C)[C@H](CC(=O)[C@H](CCSC)NC(=O)Nc1ccc(CNC(=O)CN2CCN(CC(=O)O)CCN(CC(=O)O)CCN(CC(=O)O)CC2)cc1)C(=O)NCCCC(=O)CC(C)C(=O)O. The summed E-state index contributed by atoms with van der Waals surface area (Å²) < 4.78 is 0. The lowest BCUT2D eigenvalue weighted by molar-refractivity contribution is -0.143. The van der Waals surface area contributed by atoms with E-state index in [1.54, 1.807) is 39.0 Å². The number of carboxylic acids is 4. The van der Waals surface area contributed by atoms with Gasteiger partial charge in [0.25, 0.3) is 0 Å². The maximum absolute atomic E-state index is 13.7. The van der Waals surface area contributed by atoms with Crippen molar-refractivity contribution in [3.8, 4) is 0 Å². The van der Waals surface area contributed by atoms with Crippen LogP contribution in [0.4, 0.5) is 10.5 Å². The molecule has 0 spiro atoms. The molecule has 8 N–H and O–H groups in total. The first kappa shape index (κ1) is 57.0. The van der Waals surface area contributed by atoms with Crippen LogP contribution in [0.1, 0.15) is 64.9 Å². The summed E-state index contributed by atoms with van der Waals surface area (Å²) in [5, 5.41) is 48.6. The number of thioether (sulfide) groups is 1. The zero-order valence-electron chi connectivity index (χ0n) is 38.6. The summed E-state index contributed by atoms with van der Waals surface area (Å²) in [7, 11) is 0. The highest BCUT2D eigenvalue weighted by molar-refractivity contribution is 7.98. The van der Waals surface area contributed by atoms with Gasteiger partial charge in [-0.3, -0.25) is 58.0 Å². The van der Waals surface area contributed by atoms with Gasteiger partial charge in [0.1, 0.15) is 5.78 Å². The topological polar surface area (TPSA) is 296 Å². The van der Waals surface area contributed by atoms with Crippen LogP contribution in [-0.2, 0) is 44.9 Å². The Morgan fingerprint density at radius 1 is 0.697 bits per heavy atom. The zero-order valence-corrected chi connectivity index (χ0v) is 39.4. The van der Waals surface area contributed by atoms with Crippen LogP contribution in [0.3, 0.4) is 0 Å². The molecule has 4 amide bonds. The highest BCUT2D eigenvalue weighted by atomic mass is 32.2. The number of ketones is 2. The number of nitrogens with one attached hydrogen (secondary N) is 4. The average Bonchev–Trinajstić information content (AvgIpc) is 3.25. The van der Waals surface area contributed by atoms with Gasteiger partial charge in [-0.1, -0.05) is 39.3 Å². The second-order valence-electron chi connectivity index (χ2n) is 16.7. The first-order chi connectivity index (χ1) is 31.3. The fraction of sp³-hybridized carbons (Fsp3) is 0.659. The van der Waals surface area contributed by atoms with E-state index in [4.69, 9.17) is 5.11 Å². The minimum atomic E-state index is -1.05. The molecule has 66 heavy (non-hydrogen) atoms. The molecule has 0 aromatic heterocycles. The molecule has 0 saturated carbocycles. The van der Waals surface area contributed by atoms with Crippen LogP contribution in [0.5, 0.6) is 0 Å². The smallest absolute Gasteiger partial charge is 0.319 e. The molecule has 22 heteroatoms. The van der Waals surface area contributed by atoms with E-state index in [-0.39, 0.29) is 127 Å². The zero-order chi connectivity index (χ0) is 49.2. The summed E-state index contributed by atoms with van der Waals surface area (Å²) in [6.07, 6.45) is 3.12. The Morgan fingerprint density at radius 3 is 1.65 bits per heavy atom. The van der Waals surface area contributed by atoms with E-state index in [2.05, 4.69) is 21.3 Å². The van der Waals surface area contributed by atoms with Crippen molar-refractivity contribution in [1.29, 1.82) is 0 Å². The van der Waals surface area contributed by atoms with Crippen molar-refractivity contribution < 1.29 is 63.6 Å². The second-order valence-corrected chi connectivity index (χ2v) is 17.7. The molecule has 1 aromatic carbocycles. The van der Waals surface area contributed by atoms with Gasteiger partial charge >= 0.3 is 29.9 Å². The number of benzene rings is 1. The molecule has 1 aliphatic heterocycles. The number of carbonyl (C=O) groups is 9. The molecule has 1 fully saturated rings. The predicted octanol–water partition coefficient (Wildman–Crippen LogP) is 1.22. The number of nitrogens with zero attached hydrogens (tertiary/aromatic N) is 4. The number of aliphatic carboxylic acids is 4. The van der Waals surface area contributed by atoms with Crippen LogP contribution < -0.4 is 21.3 Å². The summed E-state index contributed by atoms with van der Waals surface area (Å²) in [4.78, 5) is 118. The fourth-order valence-electron chi connectivity index (χ4n) is 7.18. The van der Waals surface area contributed by atoms with Gasteiger partial charge in [0.2, 0.25) is 11.8 Å². The number of rotatable bonds is 28. The average molecular weight is 951 g/mol. The maximum Gasteiger partial charge on any atom is 0.319 e. The number of carboxylic acid groups (broad SMARTS) is 4. The third-order valence-electron chi connectivity index (χ3n) is 11.4. The Kier molecular flexibility index (Phi) is 26.7. The number of urea groups is 1. The lowest BCUT2D eigenvalue weighted by Gasteiger charge is -2.32. The van der Waals surface area contributed by atoms with Crippen molar-refractivity contribution in [1.82, 2.24) is 35.6 Å². The largest absolute Gasteiger partial charge is 0.481 e.